The second-order valence-corrected chi connectivity index (χ2v) is 3.50. The number of carbonyl (C=O) groups excluding carboxylic acids is 1. The maximum atomic E-state index is 11.1. The SMILES string of the molecule is C=C(C)C(=O)OCCn1cc[n+](COC)c1. The van der Waals surface area contributed by atoms with Gasteiger partial charge < -0.3 is 9.47 Å². The molecule has 5 nitrogen and oxygen atoms in total. The molecule has 1 aromatic rings. The van der Waals surface area contributed by atoms with Crippen LogP contribution in [0.4, 0.5) is 0 Å². The summed E-state index contributed by atoms with van der Waals surface area (Å²) in [6.07, 6.45) is 5.68. The molecule has 16 heavy (non-hydrogen) atoms. The minimum absolute atomic E-state index is 0.341. The lowest BCUT2D eigenvalue weighted by molar-refractivity contribution is -0.730. The van der Waals surface area contributed by atoms with Crippen LogP contribution in [-0.4, -0.2) is 24.3 Å². The van der Waals surface area contributed by atoms with Crippen molar-refractivity contribution < 1.29 is 18.8 Å². The Balaban J connectivity index is 2.31. The van der Waals surface area contributed by atoms with Crippen molar-refractivity contribution in [3.05, 3.63) is 30.9 Å². The van der Waals surface area contributed by atoms with E-state index in [1.54, 1.807) is 14.0 Å². The molecule has 0 aliphatic rings. The van der Waals surface area contributed by atoms with E-state index >= 15 is 0 Å². The van der Waals surface area contributed by atoms with Crippen LogP contribution in [0.2, 0.25) is 0 Å². The molecule has 0 amide bonds. The molecule has 0 spiro atoms. The molecule has 0 unspecified atom stereocenters. The Morgan fingerprint density at radius 2 is 2.31 bits per heavy atom. The molecule has 0 aliphatic heterocycles. The Hall–Kier alpha value is -1.62. The molecule has 0 aromatic carbocycles. The minimum Gasteiger partial charge on any atom is -0.458 e. The maximum absolute atomic E-state index is 11.1. The van der Waals surface area contributed by atoms with E-state index in [0.29, 0.717) is 25.5 Å². The Morgan fingerprint density at radius 3 is 2.94 bits per heavy atom. The molecule has 88 valence electrons. The van der Waals surface area contributed by atoms with Crippen molar-refractivity contribution in [1.82, 2.24) is 4.57 Å². The summed E-state index contributed by atoms with van der Waals surface area (Å²) in [4.78, 5) is 11.1. The molecular weight excluding hydrogens is 208 g/mol. The molecule has 1 heterocycles. The third-order valence-corrected chi connectivity index (χ3v) is 1.96. The number of nitrogens with zero attached hydrogens (tertiary/aromatic N) is 2. The highest BCUT2D eigenvalue weighted by molar-refractivity contribution is 5.86. The van der Waals surface area contributed by atoms with Crippen molar-refractivity contribution in [2.45, 2.75) is 20.2 Å². The largest absolute Gasteiger partial charge is 0.458 e. The second-order valence-electron chi connectivity index (χ2n) is 3.50. The van der Waals surface area contributed by atoms with E-state index in [0.717, 1.165) is 0 Å². The third-order valence-electron chi connectivity index (χ3n) is 1.96. The van der Waals surface area contributed by atoms with Crippen LogP contribution >= 0.6 is 0 Å². The number of hydrogen-bond acceptors (Lipinski definition) is 3. The Bertz CT molecular complexity index is 371. The number of methoxy groups -OCH3 is 1. The molecule has 0 saturated heterocycles. The number of hydrogen-bond donors (Lipinski definition) is 0. The molecule has 5 heteroatoms. The fourth-order valence-electron chi connectivity index (χ4n) is 1.16. The van der Waals surface area contributed by atoms with E-state index in [9.17, 15) is 4.79 Å². The Morgan fingerprint density at radius 1 is 1.56 bits per heavy atom. The first-order valence-electron chi connectivity index (χ1n) is 5.00. The minimum atomic E-state index is -0.350. The van der Waals surface area contributed by atoms with Crippen LogP contribution in [0.3, 0.4) is 0 Å². The summed E-state index contributed by atoms with van der Waals surface area (Å²) in [6.45, 7) is 6.61. The summed E-state index contributed by atoms with van der Waals surface area (Å²) in [6, 6.07) is 0. The van der Waals surface area contributed by atoms with Gasteiger partial charge in [-0.25, -0.2) is 13.9 Å². The third kappa shape index (κ3) is 3.86. The predicted octanol–water partition coefficient (Wildman–Crippen LogP) is 0.499. The highest BCUT2D eigenvalue weighted by Crippen LogP contribution is 1.93. The molecule has 0 N–H and O–H groups in total. The average molecular weight is 225 g/mol. The van der Waals surface area contributed by atoms with E-state index in [1.807, 2.05) is 27.9 Å². The van der Waals surface area contributed by atoms with Gasteiger partial charge in [-0.05, 0) is 6.92 Å². The Kier molecular flexibility index (Phi) is 4.72. The van der Waals surface area contributed by atoms with Crippen LogP contribution in [0.25, 0.3) is 0 Å². The quantitative estimate of drug-likeness (QED) is 0.402. The average Bonchev–Trinajstić information content (AvgIpc) is 2.66. The molecular formula is C11H17N2O3+. The first-order chi connectivity index (χ1) is 7.63. The van der Waals surface area contributed by atoms with Crippen molar-refractivity contribution in [3.63, 3.8) is 0 Å². The van der Waals surface area contributed by atoms with Crippen molar-refractivity contribution in [2.24, 2.45) is 0 Å². The van der Waals surface area contributed by atoms with E-state index in [4.69, 9.17) is 9.47 Å². The summed E-state index contributed by atoms with van der Waals surface area (Å²) in [5.41, 5.74) is 0.418. The molecule has 1 rings (SSSR count). The Labute approximate surface area is 94.9 Å². The summed E-state index contributed by atoms with van der Waals surface area (Å²) in [5.74, 6) is -0.350. The topological polar surface area (TPSA) is 44.3 Å². The number of esters is 1. The van der Waals surface area contributed by atoms with E-state index < -0.39 is 0 Å². The highest BCUT2D eigenvalue weighted by Gasteiger charge is 2.06. The van der Waals surface area contributed by atoms with E-state index in [1.165, 1.54) is 0 Å². The zero-order valence-electron chi connectivity index (χ0n) is 9.68. The number of rotatable bonds is 6. The predicted molar refractivity (Wildman–Crippen MR) is 57.4 cm³/mol. The summed E-state index contributed by atoms with van der Waals surface area (Å²) in [7, 11) is 1.64. The molecule has 0 radical (unpaired) electrons. The van der Waals surface area contributed by atoms with Gasteiger partial charge in [0.05, 0.1) is 0 Å². The molecule has 1 aromatic heterocycles. The van der Waals surface area contributed by atoms with Crippen molar-refractivity contribution >= 4 is 5.97 Å². The molecule has 0 bridgehead atoms. The van der Waals surface area contributed by atoms with Gasteiger partial charge in [0.15, 0.2) is 6.73 Å². The molecule has 0 aliphatic carbocycles. The lowest BCUT2D eigenvalue weighted by Gasteiger charge is -2.01. The molecule has 0 atom stereocenters. The standard InChI is InChI=1S/C11H17N2O3/c1-10(2)11(14)16-7-6-12-4-5-13(8-12)9-15-3/h4-5,8H,1,6-7,9H2,2-3H3/q+1. The van der Waals surface area contributed by atoms with Gasteiger partial charge in [0.1, 0.15) is 25.5 Å². The second kappa shape index (κ2) is 6.07. The lowest BCUT2D eigenvalue weighted by atomic mass is 10.4. The van der Waals surface area contributed by atoms with Gasteiger partial charge in [-0.2, -0.15) is 0 Å². The van der Waals surface area contributed by atoms with Crippen LogP contribution in [0.5, 0.6) is 0 Å². The first kappa shape index (κ1) is 12.4. The van der Waals surface area contributed by atoms with Crippen LogP contribution in [0, 0.1) is 0 Å². The summed E-state index contributed by atoms with van der Waals surface area (Å²) < 4.78 is 13.8. The van der Waals surface area contributed by atoms with Crippen molar-refractivity contribution in [3.8, 4) is 0 Å². The fourth-order valence-corrected chi connectivity index (χ4v) is 1.16. The van der Waals surface area contributed by atoms with Gasteiger partial charge in [0, 0.05) is 12.7 Å². The fraction of sp³-hybridized carbons (Fsp3) is 0.455. The van der Waals surface area contributed by atoms with Crippen LogP contribution < -0.4 is 4.57 Å². The number of imidazole rings is 1. The van der Waals surface area contributed by atoms with Crippen LogP contribution in [0.15, 0.2) is 30.9 Å². The van der Waals surface area contributed by atoms with Gasteiger partial charge in [-0.15, -0.1) is 0 Å². The summed E-state index contributed by atoms with van der Waals surface area (Å²) in [5, 5.41) is 0. The normalized spacial score (nSPS) is 10.1. The van der Waals surface area contributed by atoms with Gasteiger partial charge in [0.25, 0.3) is 0 Å². The highest BCUT2D eigenvalue weighted by atomic mass is 16.5. The smallest absolute Gasteiger partial charge is 0.333 e. The number of carbonyl (C=O) groups is 1. The molecule has 0 saturated carbocycles. The zero-order chi connectivity index (χ0) is 12.0. The van der Waals surface area contributed by atoms with Gasteiger partial charge in [-0.1, -0.05) is 6.58 Å². The zero-order valence-corrected chi connectivity index (χ0v) is 9.68. The van der Waals surface area contributed by atoms with Gasteiger partial charge in [-0.3, -0.25) is 0 Å². The maximum Gasteiger partial charge on any atom is 0.333 e. The van der Waals surface area contributed by atoms with E-state index in [2.05, 4.69) is 6.58 Å². The van der Waals surface area contributed by atoms with Crippen LogP contribution in [-0.2, 0) is 27.5 Å². The summed E-state index contributed by atoms with van der Waals surface area (Å²) >= 11 is 0. The van der Waals surface area contributed by atoms with Crippen molar-refractivity contribution in [1.29, 1.82) is 0 Å². The molecule has 0 fully saturated rings. The monoisotopic (exact) mass is 225 g/mol. The number of aromatic nitrogens is 2. The van der Waals surface area contributed by atoms with Gasteiger partial charge >= 0.3 is 5.97 Å². The van der Waals surface area contributed by atoms with Gasteiger partial charge in [0.2, 0.25) is 6.33 Å². The number of ether oxygens (including phenoxy) is 2. The van der Waals surface area contributed by atoms with E-state index in [-0.39, 0.29) is 5.97 Å². The van der Waals surface area contributed by atoms with Crippen molar-refractivity contribution in [2.75, 3.05) is 13.7 Å². The van der Waals surface area contributed by atoms with Crippen LogP contribution in [0.1, 0.15) is 6.92 Å². The lowest BCUT2D eigenvalue weighted by Crippen LogP contribution is -2.31. The first-order valence-corrected chi connectivity index (χ1v) is 5.00.